The highest BCUT2D eigenvalue weighted by Gasteiger charge is 2.28. The zero-order chi connectivity index (χ0) is 22.7. The number of benzene rings is 2. The van der Waals surface area contributed by atoms with Gasteiger partial charge in [0, 0.05) is 35.5 Å². The van der Waals surface area contributed by atoms with Crippen LogP contribution in [0, 0.1) is 12.8 Å². The van der Waals surface area contributed by atoms with Crippen LogP contribution in [0.1, 0.15) is 54.1 Å². The van der Waals surface area contributed by atoms with Gasteiger partial charge in [-0.2, -0.15) is 0 Å². The number of amides is 2. The second-order valence-corrected chi connectivity index (χ2v) is 9.54. The SMILES string of the molecule is Cc1ccccc1C(=O)N1CCC(C(=O)Nc2nc(-c3ccc(C(C)C)cc3)cs2)CC1. The van der Waals surface area contributed by atoms with E-state index in [4.69, 9.17) is 0 Å². The topological polar surface area (TPSA) is 62.3 Å². The largest absolute Gasteiger partial charge is 0.339 e. The molecular formula is C26H29N3O2S. The molecule has 1 aliphatic rings. The third kappa shape index (κ3) is 4.91. The van der Waals surface area contributed by atoms with E-state index < -0.39 is 0 Å². The first-order chi connectivity index (χ1) is 15.4. The van der Waals surface area contributed by atoms with Gasteiger partial charge >= 0.3 is 0 Å². The number of likely N-dealkylation sites (tertiary alicyclic amines) is 1. The van der Waals surface area contributed by atoms with Gasteiger partial charge in [-0.1, -0.05) is 56.3 Å². The minimum absolute atomic E-state index is 0.0101. The summed E-state index contributed by atoms with van der Waals surface area (Å²) in [6.45, 7) is 7.49. The smallest absolute Gasteiger partial charge is 0.254 e. The lowest BCUT2D eigenvalue weighted by molar-refractivity contribution is -0.121. The number of piperidine rings is 1. The molecule has 0 saturated carbocycles. The fourth-order valence-corrected chi connectivity index (χ4v) is 4.76. The van der Waals surface area contributed by atoms with Gasteiger partial charge in [-0.25, -0.2) is 4.98 Å². The molecule has 1 aliphatic heterocycles. The fraction of sp³-hybridized carbons (Fsp3) is 0.346. The molecule has 1 N–H and O–H groups in total. The van der Waals surface area contributed by atoms with Crippen molar-refractivity contribution in [3.8, 4) is 11.3 Å². The average Bonchev–Trinajstić information content (AvgIpc) is 3.27. The molecule has 0 bridgehead atoms. The molecule has 2 heterocycles. The molecule has 0 unspecified atom stereocenters. The van der Waals surface area contributed by atoms with Gasteiger partial charge in [0.05, 0.1) is 5.69 Å². The third-order valence-corrected chi connectivity index (χ3v) is 6.89. The lowest BCUT2D eigenvalue weighted by atomic mass is 9.95. The predicted molar refractivity (Wildman–Crippen MR) is 130 cm³/mol. The Balaban J connectivity index is 1.33. The van der Waals surface area contributed by atoms with Crippen LogP contribution in [0.25, 0.3) is 11.3 Å². The second kappa shape index (κ2) is 9.65. The monoisotopic (exact) mass is 447 g/mol. The lowest BCUT2D eigenvalue weighted by Crippen LogP contribution is -2.41. The zero-order valence-corrected chi connectivity index (χ0v) is 19.6. The fourth-order valence-electron chi connectivity index (χ4n) is 4.04. The van der Waals surface area contributed by atoms with Gasteiger partial charge in [0.25, 0.3) is 5.91 Å². The van der Waals surface area contributed by atoms with Crippen molar-refractivity contribution >= 4 is 28.3 Å². The molecule has 2 amide bonds. The van der Waals surface area contributed by atoms with Crippen molar-refractivity contribution in [2.75, 3.05) is 18.4 Å². The van der Waals surface area contributed by atoms with Crippen molar-refractivity contribution in [1.82, 2.24) is 9.88 Å². The van der Waals surface area contributed by atoms with E-state index in [1.807, 2.05) is 41.5 Å². The second-order valence-electron chi connectivity index (χ2n) is 8.69. The van der Waals surface area contributed by atoms with E-state index in [2.05, 4.69) is 48.4 Å². The molecule has 0 radical (unpaired) electrons. The molecule has 6 heteroatoms. The van der Waals surface area contributed by atoms with E-state index >= 15 is 0 Å². The number of nitrogens with one attached hydrogen (secondary N) is 1. The first kappa shape index (κ1) is 22.2. The summed E-state index contributed by atoms with van der Waals surface area (Å²) in [7, 11) is 0. The first-order valence-corrected chi connectivity index (χ1v) is 12.0. The van der Waals surface area contributed by atoms with Gasteiger partial charge in [0.1, 0.15) is 0 Å². The summed E-state index contributed by atoms with van der Waals surface area (Å²) < 4.78 is 0. The molecule has 0 atom stereocenters. The Morgan fingerprint density at radius 2 is 1.75 bits per heavy atom. The zero-order valence-electron chi connectivity index (χ0n) is 18.8. The van der Waals surface area contributed by atoms with Crippen LogP contribution in [-0.2, 0) is 4.79 Å². The first-order valence-electron chi connectivity index (χ1n) is 11.1. The molecule has 0 aliphatic carbocycles. The van der Waals surface area contributed by atoms with Crippen molar-refractivity contribution in [1.29, 1.82) is 0 Å². The van der Waals surface area contributed by atoms with Crippen LogP contribution < -0.4 is 5.32 Å². The quantitative estimate of drug-likeness (QED) is 0.543. The highest BCUT2D eigenvalue weighted by molar-refractivity contribution is 7.14. The number of carbonyl (C=O) groups is 2. The van der Waals surface area contributed by atoms with Crippen LogP contribution in [0.2, 0.25) is 0 Å². The normalized spacial score (nSPS) is 14.6. The van der Waals surface area contributed by atoms with Gasteiger partial charge in [0.15, 0.2) is 5.13 Å². The van der Waals surface area contributed by atoms with Crippen molar-refractivity contribution in [3.05, 3.63) is 70.6 Å². The molecule has 2 aromatic carbocycles. The summed E-state index contributed by atoms with van der Waals surface area (Å²) in [6, 6.07) is 16.1. The van der Waals surface area contributed by atoms with Crippen molar-refractivity contribution < 1.29 is 9.59 Å². The molecule has 32 heavy (non-hydrogen) atoms. The van der Waals surface area contributed by atoms with E-state index in [-0.39, 0.29) is 17.7 Å². The molecule has 4 rings (SSSR count). The molecule has 1 fully saturated rings. The van der Waals surface area contributed by atoms with Crippen molar-refractivity contribution in [2.45, 2.75) is 39.5 Å². The number of anilines is 1. The average molecular weight is 448 g/mol. The standard InChI is InChI=1S/C26H29N3O2S/c1-17(2)19-8-10-20(11-9-19)23-16-32-26(27-23)28-24(30)21-12-14-29(15-13-21)25(31)22-7-5-4-6-18(22)3/h4-11,16-17,21H,12-15H2,1-3H3,(H,27,28,30). The summed E-state index contributed by atoms with van der Waals surface area (Å²) in [6.07, 6.45) is 1.33. The number of rotatable bonds is 5. The minimum Gasteiger partial charge on any atom is -0.339 e. The Bertz CT molecular complexity index is 1100. The van der Waals surface area contributed by atoms with Gasteiger partial charge in [-0.05, 0) is 42.9 Å². The Hall–Kier alpha value is -2.99. The van der Waals surface area contributed by atoms with E-state index in [0.29, 0.717) is 37.0 Å². The molecule has 0 spiro atoms. The number of aromatic nitrogens is 1. The summed E-state index contributed by atoms with van der Waals surface area (Å²) in [5, 5.41) is 5.58. The van der Waals surface area contributed by atoms with Crippen LogP contribution in [0.15, 0.2) is 53.9 Å². The van der Waals surface area contributed by atoms with Gasteiger partial charge in [0.2, 0.25) is 5.91 Å². The van der Waals surface area contributed by atoms with Gasteiger partial charge in [-0.3, -0.25) is 9.59 Å². The molecule has 3 aromatic rings. The Kier molecular flexibility index (Phi) is 6.70. The minimum atomic E-state index is -0.103. The predicted octanol–water partition coefficient (Wildman–Crippen LogP) is 5.73. The van der Waals surface area contributed by atoms with E-state index in [0.717, 1.165) is 22.4 Å². The Labute approximate surface area is 193 Å². The van der Waals surface area contributed by atoms with E-state index in [1.165, 1.54) is 16.9 Å². The molecule has 5 nitrogen and oxygen atoms in total. The number of nitrogens with zero attached hydrogens (tertiary/aromatic N) is 2. The molecular weight excluding hydrogens is 418 g/mol. The lowest BCUT2D eigenvalue weighted by Gasteiger charge is -2.31. The van der Waals surface area contributed by atoms with Crippen molar-refractivity contribution in [2.24, 2.45) is 5.92 Å². The van der Waals surface area contributed by atoms with Gasteiger partial charge < -0.3 is 10.2 Å². The molecule has 1 aromatic heterocycles. The Morgan fingerprint density at radius 3 is 2.41 bits per heavy atom. The third-order valence-electron chi connectivity index (χ3n) is 6.14. The van der Waals surface area contributed by atoms with Crippen molar-refractivity contribution in [3.63, 3.8) is 0 Å². The number of hydrogen-bond donors (Lipinski definition) is 1. The molecule has 166 valence electrons. The van der Waals surface area contributed by atoms with Crippen LogP contribution in [0.3, 0.4) is 0 Å². The van der Waals surface area contributed by atoms with Crippen LogP contribution in [-0.4, -0.2) is 34.8 Å². The summed E-state index contributed by atoms with van der Waals surface area (Å²) in [5.41, 5.74) is 4.95. The van der Waals surface area contributed by atoms with Crippen LogP contribution >= 0.6 is 11.3 Å². The summed E-state index contributed by atoms with van der Waals surface area (Å²) in [5.74, 6) is 0.431. The van der Waals surface area contributed by atoms with E-state index in [9.17, 15) is 9.59 Å². The highest BCUT2D eigenvalue weighted by atomic mass is 32.1. The maximum atomic E-state index is 12.8. The van der Waals surface area contributed by atoms with E-state index in [1.54, 1.807) is 0 Å². The summed E-state index contributed by atoms with van der Waals surface area (Å²) in [4.78, 5) is 32.0. The maximum Gasteiger partial charge on any atom is 0.254 e. The highest BCUT2D eigenvalue weighted by Crippen LogP contribution is 2.28. The van der Waals surface area contributed by atoms with Crippen LogP contribution in [0.5, 0.6) is 0 Å². The van der Waals surface area contributed by atoms with Gasteiger partial charge in [-0.15, -0.1) is 11.3 Å². The molecule has 1 saturated heterocycles. The van der Waals surface area contributed by atoms with Crippen LogP contribution in [0.4, 0.5) is 5.13 Å². The number of hydrogen-bond acceptors (Lipinski definition) is 4. The number of aryl methyl sites for hydroxylation is 1. The summed E-state index contributed by atoms with van der Waals surface area (Å²) >= 11 is 1.44. The Morgan fingerprint density at radius 1 is 1.06 bits per heavy atom. The number of carbonyl (C=O) groups excluding carboxylic acids is 2. The number of thiazole rings is 1. The maximum absolute atomic E-state index is 12.8.